The first-order valence-corrected chi connectivity index (χ1v) is 10.1. The highest BCUT2D eigenvalue weighted by molar-refractivity contribution is 5.88. The molecule has 0 radical (unpaired) electrons. The summed E-state index contributed by atoms with van der Waals surface area (Å²) in [4.78, 5) is 34.5. The predicted molar refractivity (Wildman–Crippen MR) is 93.4 cm³/mol. The van der Waals surface area contributed by atoms with Crippen molar-refractivity contribution in [3.05, 3.63) is 0 Å². The second-order valence-electron chi connectivity index (χ2n) is 8.87. The van der Waals surface area contributed by atoms with Gasteiger partial charge in [0.25, 0.3) is 0 Å². The van der Waals surface area contributed by atoms with Crippen molar-refractivity contribution in [3.8, 4) is 0 Å². The molecule has 6 aliphatic rings. The largest absolute Gasteiger partial charge is 0.371 e. The maximum Gasteiger partial charge on any atom is 0.324 e. The van der Waals surface area contributed by atoms with Gasteiger partial charge in [-0.15, -0.1) is 0 Å². The van der Waals surface area contributed by atoms with Crippen molar-refractivity contribution in [3.63, 3.8) is 0 Å². The molecule has 0 aliphatic carbocycles. The monoisotopic (exact) mass is 394 g/mol. The van der Waals surface area contributed by atoms with E-state index in [1.807, 2.05) is 33.4 Å². The van der Waals surface area contributed by atoms with Crippen molar-refractivity contribution < 1.29 is 28.5 Å². The van der Waals surface area contributed by atoms with E-state index in [4.69, 9.17) is 18.9 Å². The van der Waals surface area contributed by atoms with E-state index in [1.165, 1.54) is 0 Å². The quantitative estimate of drug-likeness (QED) is 0.515. The summed E-state index contributed by atoms with van der Waals surface area (Å²) in [5, 5.41) is 0. The first-order valence-electron chi connectivity index (χ1n) is 10.1. The summed E-state index contributed by atoms with van der Waals surface area (Å²) in [6, 6.07) is -0.126. The summed E-state index contributed by atoms with van der Waals surface area (Å²) >= 11 is 0. The molecule has 0 N–H and O–H groups in total. The number of fused-ring (bicyclic) bond motifs is 1. The topological polar surface area (TPSA) is 97.2 Å². The van der Waals surface area contributed by atoms with Gasteiger partial charge in [0.15, 0.2) is 11.3 Å². The van der Waals surface area contributed by atoms with E-state index in [1.54, 1.807) is 0 Å². The summed E-state index contributed by atoms with van der Waals surface area (Å²) in [5.74, 6) is 0. The van der Waals surface area contributed by atoms with Gasteiger partial charge in [-0.2, -0.15) is 0 Å². The lowest BCUT2D eigenvalue weighted by Crippen LogP contribution is -2.66. The lowest BCUT2D eigenvalue weighted by atomic mass is 9.94. The zero-order valence-corrected chi connectivity index (χ0v) is 16.2. The van der Waals surface area contributed by atoms with Crippen LogP contribution in [0, 0.1) is 0 Å². The molecule has 0 saturated carbocycles. The lowest BCUT2D eigenvalue weighted by molar-refractivity contribution is -0.0447. The zero-order valence-electron chi connectivity index (χ0n) is 16.2. The molecule has 4 amide bonds. The first kappa shape index (κ1) is 17.3. The second-order valence-corrected chi connectivity index (χ2v) is 8.87. The fraction of sp³-hybridized carbons (Fsp3) is 0.889. The molecule has 0 aromatic rings. The Balaban J connectivity index is 1.43. The van der Waals surface area contributed by atoms with E-state index in [0.717, 1.165) is 0 Å². The lowest BCUT2D eigenvalue weighted by Gasteiger charge is -2.45. The summed E-state index contributed by atoms with van der Waals surface area (Å²) in [5.41, 5.74) is -1.63. The molecule has 10 heteroatoms. The number of urea groups is 2. The number of rotatable bonds is 8. The van der Waals surface area contributed by atoms with Gasteiger partial charge in [-0.1, -0.05) is 0 Å². The Morgan fingerprint density at radius 2 is 0.857 bits per heavy atom. The molecule has 6 fully saturated rings. The van der Waals surface area contributed by atoms with Gasteiger partial charge in [-0.05, 0) is 13.8 Å². The fourth-order valence-corrected chi connectivity index (χ4v) is 4.88. The van der Waals surface area contributed by atoms with Crippen LogP contribution in [0.25, 0.3) is 0 Å². The molecule has 0 aromatic carbocycles. The number of ether oxygens (including phenoxy) is 4. The maximum absolute atomic E-state index is 13.6. The SMILES string of the molecule is CC12N(CC3CO3)C(=O)N(CC3CO3)C1(C)N(CC1CO1)C(=O)N2CC1CO1. The third-order valence-corrected chi connectivity index (χ3v) is 7.08. The second kappa shape index (κ2) is 5.50. The Morgan fingerprint density at radius 3 is 1.04 bits per heavy atom. The molecular formula is C18H26N4O6. The van der Waals surface area contributed by atoms with Gasteiger partial charge in [0.2, 0.25) is 0 Å². The van der Waals surface area contributed by atoms with E-state index in [2.05, 4.69) is 0 Å². The molecule has 0 spiro atoms. The Hall–Kier alpha value is -1.62. The van der Waals surface area contributed by atoms with Crippen molar-refractivity contribution in [1.29, 1.82) is 0 Å². The maximum atomic E-state index is 13.6. The molecule has 4 atom stereocenters. The van der Waals surface area contributed by atoms with Crippen LogP contribution in [-0.2, 0) is 18.9 Å². The number of hydrogen-bond acceptors (Lipinski definition) is 6. The highest BCUT2D eigenvalue weighted by Crippen LogP contribution is 2.52. The molecule has 6 saturated heterocycles. The molecule has 6 rings (SSSR count). The van der Waals surface area contributed by atoms with Crippen LogP contribution in [0.2, 0.25) is 0 Å². The number of amides is 4. The van der Waals surface area contributed by atoms with Gasteiger partial charge in [0, 0.05) is 0 Å². The van der Waals surface area contributed by atoms with Gasteiger partial charge >= 0.3 is 12.1 Å². The van der Waals surface area contributed by atoms with Crippen molar-refractivity contribution >= 4 is 12.1 Å². The van der Waals surface area contributed by atoms with Crippen molar-refractivity contribution in [2.45, 2.75) is 49.6 Å². The van der Waals surface area contributed by atoms with Crippen LogP contribution in [0.15, 0.2) is 0 Å². The molecular weight excluding hydrogens is 368 g/mol. The number of nitrogens with zero attached hydrogens (tertiary/aromatic N) is 4. The highest BCUT2D eigenvalue weighted by atomic mass is 16.6. The minimum absolute atomic E-state index is 0.0390. The Morgan fingerprint density at radius 1 is 0.643 bits per heavy atom. The highest BCUT2D eigenvalue weighted by Gasteiger charge is 2.75. The number of epoxide rings is 4. The molecule has 6 aliphatic heterocycles. The fourth-order valence-electron chi connectivity index (χ4n) is 4.88. The number of hydrogen-bond donors (Lipinski definition) is 0. The van der Waals surface area contributed by atoms with Gasteiger partial charge in [-0.25, -0.2) is 9.59 Å². The van der Waals surface area contributed by atoms with Crippen LogP contribution in [0.4, 0.5) is 9.59 Å². The molecule has 154 valence electrons. The Bertz CT molecular complexity index is 609. The molecule has 0 aromatic heterocycles. The molecule has 0 bridgehead atoms. The van der Waals surface area contributed by atoms with E-state index < -0.39 is 11.3 Å². The van der Waals surface area contributed by atoms with Crippen LogP contribution in [0.5, 0.6) is 0 Å². The van der Waals surface area contributed by atoms with Gasteiger partial charge in [-0.3, -0.25) is 19.6 Å². The number of carbonyl (C=O) groups is 2. The molecule has 4 unspecified atom stereocenters. The predicted octanol–water partition coefficient (Wildman–Crippen LogP) is -0.511. The van der Waals surface area contributed by atoms with Crippen LogP contribution < -0.4 is 0 Å². The van der Waals surface area contributed by atoms with Gasteiger partial charge in [0.1, 0.15) is 0 Å². The van der Waals surface area contributed by atoms with E-state index in [-0.39, 0.29) is 36.5 Å². The Labute approximate surface area is 163 Å². The molecule has 10 nitrogen and oxygen atoms in total. The van der Waals surface area contributed by atoms with Crippen LogP contribution in [-0.4, -0.2) is 120 Å². The summed E-state index contributed by atoms with van der Waals surface area (Å²) in [6.07, 6.45) is 0.156. The van der Waals surface area contributed by atoms with Crippen LogP contribution in [0.3, 0.4) is 0 Å². The third kappa shape index (κ3) is 2.35. The summed E-state index contributed by atoms with van der Waals surface area (Å²) in [6.45, 7) is 8.56. The first-order chi connectivity index (χ1) is 13.4. The normalized spacial score (nSPS) is 45.8. The van der Waals surface area contributed by atoms with E-state index in [0.29, 0.717) is 52.6 Å². The van der Waals surface area contributed by atoms with E-state index >= 15 is 0 Å². The minimum Gasteiger partial charge on any atom is -0.371 e. The van der Waals surface area contributed by atoms with Crippen LogP contribution >= 0.6 is 0 Å². The van der Waals surface area contributed by atoms with Crippen LogP contribution in [0.1, 0.15) is 13.8 Å². The van der Waals surface area contributed by atoms with Crippen molar-refractivity contribution in [1.82, 2.24) is 19.6 Å². The van der Waals surface area contributed by atoms with E-state index in [9.17, 15) is 9.59 Å². The zero-order chi connectivity index (χ0) is 19.3. The average molecular weight is 394 g/mol. The van der Waals surface area contributed by atoms with Crippen molar-refractivity contribution in [2.24, 2.45) is 0 Å². The third-order valence-electron chi connectivity index (χ3n) is 7.08. The van der Waals surface area contributed by atoms with Crippen molar-refractivity contribution in [2.75, 3.05) is 52.6 Å². The minimum atomic E-state index is -0.817. The van der Waals surface area contributed by atoms with Gasteiger partial charge < -0.3 is 18.9 Å². The number of carbonyl (C=O) groups excluding carboxylic acids is 2. The summed E-state index contributed by atoms with van der Waals surface area (Å²) < 4.78 is 21.7. The standard InChI is InChI=1S/C18H26N4O6/c1-17-18(2,21(5-13-9-27-13)15(23)19(17)3-11-7-25-11)22(6-14-10-28-14)16(24)20(17)4-12-8-26-12/h11-14H,3-10H2,1-2H3. The molecule has 28 heavy (non-hydrogen) atoms. The smallest absolute Gasteiger partial charge is 0.324 e. The average Bonchev–Trinajstić information content (AvgIpc) is 3.54. The summed E-state index contributed by atoms with van der Waals surface area (Å²) in [7, 11) is 0. The van der Waals surface area contributed by atoms with Gasteiger partial charge in [0.05, 0.1) is 77.0 Å². The Kier molecular flexibility index (Phi) is 3.39. The molecule has 6 heterocycles.